The van der Waals surface area contributed by atoms with Gasteiger partial charge in [0.1, 0.15) is 11.8 Å². The van der Waals surface area contributed by atoms with Crippen molar-refractivity contribution in [2.24, 2.45) is 11.1 Å². The molecule has 1 aromatic carbocycles. The number of hydrazine groups is 1. The van der Waals surface area contributed by atoms with Crippen LogP contribution in [0.1, 0.15) is 34.6 Å². The molecule has 0 bridgehead atoms. The smallest absolute Gasteiger partial charge is 0.351 e. The van der Waals surface area contributed by atoms with Gasteiger partial charge in [-0.25, -0.2) is 5.01 Å². The number of nitrogens with zero attached hydrogens (tertiary/aromatic N) is 3. The molecule has 0 saturated heterocycles. The summed E-state index contributed by atoms with van der Waals surface area (Å²) in [5.41, 5.74) is 6.51. The molecule has 1 aromatic rings. The van der Waals surface area contributed by atoms with Crippen molar-refractivity contribution in [3.8, 4) is 0 Å². The molecule has 180 valence electrons. The zero-order chi connectivity index (χ0) is 24.2. The number of aliphatic hydroxyl groups is 1. The molecule has 2 rings (SSSR count). The predicted molar refractivity (Wildman–Crippen MR) is 128 cm³/mol. The lowest BCUT2D eigenvalue weighted by molar-refractivity contribution is -0.0827. The molecule has 0 saturated carbocycles. The summed E-state index contributed by atoms with van der Waals surface area (Å²) in [4.78, 5) is 2.02. The number of nitrogens with two attached hydrogens (primary N) is 1. The van der Waals surface area contributed by atoms with Gasteiger partial charge in [0.05, 0.1) is 6.61 Å². The minimum Gasteiger partial charge on any atom is -0.395 e. The van der Waals surface area contributed by atoms with Crippen molar-refractivity contribution in [1.82, 2.24) is 14.3 Å². The zero-order valence-corrected chi connectivity index (χ0v) is 20.4. The number of hydrogen-bond acceptors (Lipinski definition) is 7. The molecule has 0 heterocycles. The van der Waals surface area contributed by atoms with E-state index in [1.807, 2.05) is 68.2 Å². The number of aliphatic hydroxyl groups excluding tert-OH is 1. The molecule has 2 atom stereocenters. The fourth-order valence-corrected chi connectivity index (χ4v) is 5.05. The van der Waals surface area contributed by atoms with E-state index in [0.29, 0.717) is 18.8 Å². The van der Waals surface area contributed by atoms with Gasteiger partial charge in [0.2, 0.25) is 0 Å². The molecule has 0 fully saturated rings. The SMILES string of the molecule is CCN(CCO)C1=CC(C)(C)C(N)(N(CC)N(C(C)Nc2ccccc2)S(=O)(=O)O)C=C1. The van der Waals surface area contributed by atoms with Crippen molar-refractivity contribution in [2.45, 2.75) is 46.4 Å². The van der Waals surface area contributed by atoms with E-state index in [4.69, 9.17) is 5.73 Å². The van der Waals surface area contributed by atoms with E-state index in [2.05, 4.69) is 5.32 Å². The summed E-state index contributed by atoms with van der Waals surface area (Å²) in [6.07, 6.45) is 4.76. The van der Waals surface area contributed by atoms with E-state index in [1.165, 1.54) is 5.01 Å². The average molecular weight is 468 g/mol. The van der Waals surface area contributed by atoms with Crippen LogP contribution >= 0.6 is 0 Å². The summed E-state index contributed by atoms with van der Waals surface area (Å²) >= 11 is 0. The number of likely N-dealkylation sites (N-methyl/N-ethyl adjacent to an activating group) is 2. The third kappa shape index (κ3) is 5.51. The standard InChI is InChI=1S/C22H37N5O4S/c1-6-25(15-16-28)20-13-14-22(23,21(4,5)17-20)26(7-2)27(32(29,30)31)18(3)24-19-11-9-8-10-12-19/h8-14,17-18,24,28H,6-7,15-16,23H2,1-5H3,(H,29,30,31). The highest BCUT2D eigenvalue weighted by molar-refractivity contribution is 7.83. The van der Waals surface area contributed by atoms with Crippen molar-refractivity contribution in [3.63, 3.8) is 0 Å². The molecule has 10 heteroatoms. The van der Waals surface area contributed by atoms with Gasteiger partial charge in [0.25, 0.3) is 0 Å². The number of hydrogen-bond donors (Lipinski definition) is 4. The first-order valence-electron chi connectivity index (χ1n) is 10.8. The van der Waals surface area contributed by atoms with E-state index >= 15 is 0 Å². The molecule has 32 heavy (non-hydrogen) atoms. The minimum atomic E-state index is -4.66. The van der Waals surface area contributed by atoms with Crippen LogP contribution < -0.4 is 11.1 Å². The lowest BCUT2D eigenvalue weighted by Gasteiger charge is -2.53. The third-order valence-corrected chi connectivity index (χ3v) is 6.83. The summed E-state index contributed by atoms with van der Waals surface area (Å²) in [6.45, 7) is 10.7. The molecule has 0 amide bonds. The normalized spacial score (nSPS) is 21.5. The van der Waals surface area contributed by atoms with Crippen molar-refractivity contribution in [3.05, 3.63) is 54.3 Å². The number of benzene rings is 1. The topological polar surface area (TPSA) is 122 Å². The Balaban J connectivity index is 2.46. The lowest BCUT2D eigenvalue weighted by atomic mass is 9.74. The van der Waals surface area contributed by atoms with Gasteiger partial charge < -0.3 is 21.1 Å². The molecule has 5 N–H and O–H groups in total. The molecule has 1 aliphatic rings. The Kier molecular flexibility index (Phi) is 8.49. The molecule has 1 aliphatic carbocycles. The van der Waals surface area contributed by atoms with Gasteiger partial charge in [0.15, 0.2) is 0 Å². The van der Waals surface area contributed by atoms with Crippen LogP contribution in [0, 0.1) is 5.41 Å². The zero-order valence-electron chi connectivity index (χ0n) is 19.6. The average Bonchev–Trinajstić information content (AvgIpc) is 2.71. The molecule has 0 radical (unpaired) electrons. The fraction of sp³-hybridized carbons (Fsp3) is 0.545. The summed E-state index contributed by atoms with van der Waals surface area (Å²) in [6, 6.07) is 9.15. The number of nitrogens with one attached hydrogen (secondary N) is 1. The molecule has 0 aromatic heterocycles. The maximum Gasteiger partial charge on any atom is 0.351 e. The number of para-hydroxylation sites is 1. The Hall–Kier alpha value is -1.95. The Morgan fingerprint density at radius 3 is 2.25 bits per heavy atom. The molecule has 2 unspecified atom stereocenters. The van der Waals surface area contributed by atoms with Gasteiger partial charge >= 0.3 is 10.3 Å². The van der Waals surface area contributed by atoms with Crippen molar-refractivity contribution < 1.29 is 18.1 Å². The third-order valence-electron chi connectivity index (χ3n) is 5.85. The highest BCUT2D eigenvalue weighted by Gasteiger charge is 2.50. The van der Waals surface area contributed by atoms with Gasteiger partial charge in [-0.05, 0) is 38.1 Å². The van der Waals surface area contributed by atoms with Gasteiger partial charge in [-0.3, -0.25) is 4.55 Å². The van der Waals surface area contributed by atoms with Crippen LogP contribution in [0.5, 0.6) is 0 Å². The Morgan fingerprint density at radius 2 is 1.78 bits per heavy atom. The van der Waals surface area contributed by atoms with E-state index in [9.17, 15) is 18.1 Å². The van der Waals surface area contributed by atoms with Crippen molar-refractivity contribution in [1.29, 1.82) is 0 Å². The van der Waals surface area contributed by atoms with Crippen LogP contribution in [0.4, 0.5) is 5.69 Å². The van der Waals surface area contributed by atoms with E-state index in [-0.39, 0.29) is 13.2 Å². The van der Waals surface area contributed by atoms with E-state index < -0.39 is 27.5 Å². The van der Waals surface area contributed by atoms with Gasteiger partial charge in [-0.15, -0.1) is 0 Å². The summed E-state index contributed by atoms with van der Waals surface area (Å²) in [5, 5.41) is 13.9. The van der Waals surface area contributed by atoms with E-state index in [0.717, 1.165) is 10.1 Å². The first-order valence-corrected chi connectivity index (χ1v) is 12.2. The molecular weight excluding hydrogens is 430 g/mol. The highest BCUT2D eigenvalue weighted by Crippen LogP contribution is 2.41. The maximum atomic E-state index is 12.5. The van der Waals surface area contributed by atoms with Gasteiger partial charge in [-0.2, -0.15) is 8.42 Å². The van der Waals surface area contributed by atoms with Crippen LogP contribution in [0.3, 0.4) is 0 Å². The number of anilines is 1. The van der Waals surface area contributed by atoms with Crippen LogP contribution in [-0.4, -0.2) is 70.5 Å². The first-order chi connectivity index (χ1) is 14.9. The first kappa shape index (κ1) is 26.3. The molecule has 0 aliphatic heterocycles. The molecule has 0 spiro atoms. The Bertz CT molecular complexity index is 920. The van der Waals surface area contributed by atoms with Crippen LogP contribution in [0.15, 0.2) is 54.3 Å². The Morgan fingerprint density at radius 1 is 1.16 bits per heavy atom. The summed E-state index contributed by atoms with van der Waals surface area (Å²) in [7, 11) is -4.66. The maximum absolute atomic E-state index is 12.5. The second-order valence-corrected chi connectivity index (χ2v) is 9.68. The number of rotatable bonds is 11. The largest absolute Gasteiger partial charge is 0.395 e. The molecule has 9 nitrogen and oxygen atoms in total. The van der Waals surface area contributed by atoms with E-state index in [1.54, 1.807) is 19.9 Å². The fourth-order valence-electron chi connectivity index (χ4n) is 4.09. The van der Waals surface area contributed by atoms with Crippen LogP contribution in [-0.2, 0) is 10.3 Å². The summed E-state index contributed by atoms with van der Waals surface area (Å²) in [5.74, 6) is 0. The van der Waals surface area contributed by atoms with Crippen molar-refractivity contribution >= 4 is 16.0 Å². The second-order valence-electron chi connectivity index (χ2n) is 8.41. The number of allylic oxidation sites excluding steroid dienone is 1. The van der Waals surface area contributed by atoms with Gasteiger partial charge in [-0.1, -0.05) is 49.5 Å². The summed E-state index contributed by atoms with van der Waals surface area (Å²) < 4.78 is 36.1. The van der Waals surface area contributed by atoms with Crippen molar-refractivity contribution in [2.75, 3.05) is 31.6 Å². The Labute approximate surface area is 192 Å². The monoisotopic (exact) mass is 467 g/mol. The van der Waals surface area contributed by atoms with Crippen LogP contribution in [0.2, 0.25) is 0 Å². The predicted octanol–water partition coefficient (Wildman–Crippen LogP) is 2.24. The lowest BCUT2D eigenvalue weighted by Crippen LogP contribution is -2.71. The second kappa shape index (κ2) is 10.3. The van der Waals surface area contributed by atoms with Gasteiger partial charge in [0, 0.05) is 36.4 Å². The molecular formula is C22H37N5O4S. The minimum absolute atomic E-state index is 0.0213. The quantitative estimate of drug-likeness (QED) is 0.222. The van der Waals surface area contributed by atoms with Crippen LogP contribution in [0.25, 0.3) is 0 Å². The highest BCUT2D eigenvalue weighted by atomic mass is 32.2.